The fraction of sp³-hybridized carbons (Fsp3) is 0.471. The van der Waals surface area contributed by atoms with E-state index >= 15 is 0 Å². The zero-order chi connectivity index (χ0) is 14.6. The molecule has 110 valence electrons. The predicted molar refractivity (Wildman–Crippen MR) is 81.3 cm³/mol. The Morgan fingerprint density at radius 2 is 2.19 bits per heavy atom. The van der Waals surface area contributed by atoms with Crippen LogP contribution >= 0.6 is 0 Å². The average Bonchev–Trinajstić information content (AvgIpc) is 3.10. The molecule has 3 unspecified atom stereocenters. The highest BCUT2D eigenvalue weighted by Crippen LogP contribution is 2.34. The van der Waals surface area contributed by atoms with Crippen molar-refractivity contribution in [3.63, 3.8) is 0 Å². The van der Waals surface area contributed by atoms with Crippen LogP contribution in [-0.4, -0.2) is 36.0 Å². The maximum absolute atomic E-state index is 12.9. The number of carbonyl (C=O) groups is 1. The van der Waals surface area contributed by atoms with Crippen LogP contribution in [-0.2, 0) is 0 Å². The van der Waals surface area contributed by atoms with Gasteiger partial charge in [-0.05, 0) is 44.4 Å². The van der Waals surface area contributed by atoms with E-state index in [-0.39, 0.29) is 5.91 Å². The normalized spacial score (nSPS) is 28.3. The smallest absolute Gasteiger partial charge is 0.290 e. The van der Waals surface area contributed by atoms with E-state index in [1.54, 1.807) is 0 Å². The second kappa shape index (κ2) is 4.60. The topological polar surface area (TPSA) is 45.5 Å². The fourth-order valence-electron chi connectivity index (χ4n) is 3.91. The number of hydrogen-bond donors (Lipinski definition) is 1. The van der Waals surface area contributed by atoms with Crippen LogP contribution in [0.15, 0.2) is 28.7 Å². The number of fused-ring (bicyclic) bond motifs is 2. The molecule has 1 amide bonds. The minimum Gasteiger partial charge on any atom is -0.451 e. The summed E-state index contributed by atoms with van der Waals surface area (Å²) in [6.45, 7) is 6.12. The first-order valence-electron chi connectivity index (χ1n) is 7.67. The lowest BCUT2D eigenvalue weighted by Crippen LogP contribution is -2.42. The summed E-state index contributed by atoms with van der Waals surface area (Å²) < 4.78 is 5.78. The molecular formula is C17H20N2O2. The number of amides is 1. The Morgan fingerprint density at radius 3 is 3.05 bits per heavy atom. The van der Waals surface area contributed by atoms with Crippen LogP contribution in [0.25, 0.3) is 11.0 Å². The van der Waals surface area contributed by atoms with Crippen LogP contribution in [0.4, 0.5) is 0 Å². The summed E-state index contributed by atoms with van der Waals surface area (Å²) in [5.74, 6) is 1.10. The van der Waals surface area contributed by atoms with Crippen LogP contribution in [0.5, 0.6) is 0 Å². The Kier molecular flexibility index (Phi) is 2.82. The van der Waals surface area contributed by atoms with E-state index in [0.717, 1.165) is 30.5 Å². The molecule has 2 aromatic rings. The van der Waals surface area contributed by atoms with E-state index in [2.05, 4.69) is 18.3 Å². The number of rotatable bonds is 1. The van der Waals surface area contributed by atoms with Crippen molar-refractivity contribution in [1.29, 1.82) is 0 Å². The first kappa shape index (κ1) is 12.9. The van der Waals surface area contributed by atoms with Gasteiger partial charge >= 0.3 is 0 Å². The first-order chi connectivity index (χ1) is 10.1. The summed E-state index contributed by atoms with van der Waals surface area (Å²) in [4.78, 5) is 14.9. The molecule has 2 aliphatic heterocycles. The van der Waals surface area contributed by atoms with Crippen molar-refractivity contribution in [2.75, 3.05) is 13.1 Å². The molecule has 0 spiro atoms. The molecule has 2 saturated heterocycles. The third-order valence-electron chi connectivity index (χ3n) is 4.90. The molecule has 1 aromatic carbocycles. The van der Waals surface area contributed by atoms with Gasteiger partial charge in [0.25, 0.3) is 5.91 Å². The maximum atomic E-state index is 12.9. The molecule has 4 nitrogen and oxygen atoms in total. The SMILES string of the molecule is Cc1ccc2oc(C(=O)N3C(C)CC4CNCC43)cc2c1. The van der Waals surface area contributed by atoms with Crippen LogP contribution in [0.2, 0.25) is 0 Å². The Balaban J connectivity index is 1.69. The van der Waals surface area contributed by atoms with E-state index in [1.165, 1.54) is 5.56 Å². The van der Waals surface area contributed by atoms with E-state index in [4.69, 9.17) is 4.42 Å². The standard InChI is InChI=1S/C17H20N2O2/c1-10-3-4-15-12(5-10)7-16(21-15)17(20)19-11(2)6-13-8-18-9-14(13)19/h3-5,7,11,13-14,18H,6,8-9H2,1-2H3. The molecule has 1 aromatic heterocycles. The first-order valence-corrected chi connectivity index (χ1v) is 7.67. The molecule has 0 saturated carbocycles. The average molecular weight is 284 g/mol. The van der Waals surface area contributed by atoms with Crippen molar-refractivity contribution in [2.24, 2.45) is 5.92 Å². The molecule has 2 fully saturated rings. The Morgan fingerprint density at radius 1 is 1.33 bits per heavy atom. The van der Waals surface area contributed by atoms with Gasteiger partial charge in [-0.2, -0.15) is 0 Å². The van der Waals surface area contributed by atoms with Gasteiger partial charge in [-0.15, -0.1) is 0 Å². The molecule has 21 heavy (non-hydrogen) atoms. The van der Waals surface area contributed by atoms with Gasteiger partial charge < -0.3 is 14.6 Å². The van der Waals surface area contributed by atoms with Gasteiger partial charge in [-0.25, -0.2) is 0 Å². The Hall–Kier alpha value is -1.81. The third kappa shape index (κ3) is 1.97. The second-order valence-electron chi connectivity index (χ2n) is 6.43. The summed E-state index contributed by atoms with van der Waals surface area (Å²) in [5, 5.41) is 4.40. The highest BCUT2D eigenvalue weighted by Gasteiger charge is 2.44. The number of carbonyl (C=O) groups excluding carboxylic acids is 1. The molecule has 1 N–H and O–H groups in total. The summed E-state index contributed by atoms with van der Waals surface area (Å²) >= 11 is 0. The molecule has 3 atom stereocenters. The molecular weight excluding hydrogens is 264 g/mol. The van der Waals surface area contributed by atoms with Gasteiger partial charge in [-0.1, -0.05) is 11.6 Å². The van der Waals surface area contributed by atoms with Gasteiger partial charge in [0, 0.05) is 30.6 Å². The lowest BCUT2D eigenvalue weighted by atomic mass is 10.0. The van der Waals surface area contributed by atoms with Gasteiger partial charge in [0.2, 0.25) is 0 Å². The third-order valence-corrected chi connectivity index (χ3v) is 4.90. The molecule has 4 rings (SSSR count). The van der Waals surface area contributed by atoms with E-state index in [0.29, 0.717) is 23.8 Å². The number of nitrogens with one attached hydrogen (secondary N) is 1. The molecule has 4 heteroatoms. The van der Waals surface area contributed by atoms with Gasteiger partial charge in [-0.3, -0.25) is 4.79 Å². The molecule has 2 aliphatic rings. The maximum Gasteiger partial charge on any atom is 0.290 e. The summed E-state index contributed by atoms with van der Waals surface area (Å²) in [6.07, 6.45) is 1.09. The molecule has 0 radical (unpaired) electrons. The summed E-state index contributed by atoms with van der Waals surface area (Å²) in [5.41, 5.74) is 1.97. The number of hydrogen-bond acceptors (Lipinski definition) is 3. The van der Waals surface area contributed by atoms with E-state index in [9.17, 15) is 4.79 Å². The minimum absolute atomic E-state index is 0.0348. The number of nitrogens with zero attached hydrogens (tertiary/aromatic N) is 1. The number of likely N-dealkylation sites (tertiary alicyclic amines) is 1. The van der Waals surface area contributed by atoms with Crippen LogP contribution < -0.4 is 5.32 Å². The van der Waals surface area contributed by atoms with Crippen molar-refractivity contribution >= 4 is 16.9 Å². The largest absolute Gasteiger partial charge is 0.451 e. The molecule has 0 bridgehead atoms. The van der Waals surface area contributed by atoms with Crippen LogP contribution in [0, 0.1) is 12.8 Å². The van der Waals surface area contributed by atoms with E-state index < -0.39 is 0 Å². The van der Waals surface area contributed by atoms with Crippen molar-refractivity contribution < 1.29 is 9.21 Å². The van der Waals surface area contributed by atoms with E-state index in [1.807, 2.05) is 30.0 Å². The minimum atomic E-state index is 0.0348. The van der Waals surface area contributed by atoms with Crippen molar-refractivity contribution in [3.05, 3.63) is 35.6 Å². The van der Waals surface area contributed by atoms with Crippen molar-refractivity contribution in [1.82, 2.24) is 10.2 Å². The fourth-order valence-corrected chi connectivity index (χ4v) is 3.91. The number of aryl methyl sites for hydroxylation is 1. The highest BCUT2D eigenvalue weighted by atomic mass is 16.3. The number of furan rings is 1. The van der Waals surface area contributed by atoms with Gasteiger partial charge in [0.05, 0.1) is 0 Å². The summed E-state index contributed by atoms with van der Waals surface area (Å²) in [7, 11) is 0. The predicted octanol–water partition coefficient (Wildman–Crippen LogP) is 2.56. The summed E-state index contributed by atoms with van der Waals surface area (Å²) in [6, 6.07) is 8.51. The quantitative estimate of drug-likeness (QED) is 0.875. The highest BCUT2D eigenvalue weighted by molar-refractivity contribution is 5.96. The van der Waals surface area contributed by atoms with Crippen LogP contribution in [0.1, 0.15) is 29.5 Å². The van der Waals surface area contributed by atoms with Crippen molar-refractivity contribution in [3.8, 4) is 0 Å². The Labute approximate surface area is 124 Å². The van der Waals surface area contributed by atoms with Gasteiger partial charge in [0.15, 0.2) is 5.76 Å². The Bertz CT molecular complexity index is 706. The number of benzene rings is 1. The molecule has 0 aliphatic carbocycles. The second-order valence-corrected chi connectivity index (χ2v) is 6.43. The monoisotopic (exact) mass is 284 g/mol. The van der Waals surface area contributed by atoms with Gasteiger partial charge in [0.1, 0.15) is 5.58 Å². The zero-order valence-corrected chi connectivity index (χ0v) is 12.4. The molecule has 3 heterocycles. The van der Waals surface area contributed by atoms with Crippen LogP contribution in [0.3, 0.4) is 0 Å². The van der Waals surface area contributed by atoms with Crippen molar-refractivity contribution in [2.45, 2.75) is 32.4 Å². The lowest BCUT2D eigenvalue weighted by molar-refractivity contribution is 0.0651. The zero-order valence-electron chi connectivity index (χ0n) is 12.4. The lowest BCUT2D eigenvalue weighted by Gasteiger charge is -2.26.